The van der Waals surface area contributed by atoms with Crippen LogP contribution in [0.25, 0.3) is 0 Å². The molecule has 9 heteroatoms. The highest BCUT2D eigenvalue weighted by Gasteiger charge is 2.46. The molecule has 6 N–H and O–H groups in total. The maximum absolute atomic E-state index is 10.9. The lowest BCUT2D eigenvalue weighted by Gasteiger charge is -2.39. The monoisotopic (exact) mass is 321 g/mol. The molecule has 1 rings (SSSR count). The van der Waals surface area contributed by atoms with Crippen molar-refractivity contribution >= 4 is 11.9 Å². The summed E-state index contributed by atoms with van der Waals surface area (Å²) in [6.07, 6.45) is -4.61. The van der Waals surface area contributed by atoms with Crippen LogP contribution in [0.2, 0.25) is 0 Å². The van der Waals surface area contributed by atoms with Crippen molar-refractivity contribution in [1.82, 2.24) is 0 Å². The third-order valence-corrected chi connectivity index (χ3v) is 3.60. The summed E-state index contributed by atoms with van der Waals surface area (Å²) in [5.74, 6) is -2.41. The highest BCUT2D eigenvalue weighted by Crippen LogP contribution is 2.24. The number of hydrogen-bond donors (Lipinski definition) is 5. The van der Waals surface area contributed by atoms with Gasteiger partial charge in [0.25, 0.3) is 0 Å². The largest absolute Gasteiger partial charge is 0.480 e. The van der Waals surface area contributed by atoms with Crippen LogP contribution in [0.5, 0.6) is 0 Å². The van der Waals surface area contributed by atoms with Gasteiger partial charge in [0.1, 0.15) is 24.4 Å². The minimum atomic E-state index is -1.57. The normalized spacial score (nSPS) is 33.4. The van der Waals surface area contributed by atoms with Crippen molar-refractivity contribution in [2.75, 3.05) is 6.61 Å². The van der Waals surface area contributed by atoms with Gasteiger partial charge in [0.2, 0.25) is 0 Å². The van der Waals surface area contributed by atoms with E-state index in [4.69, 9.17) is 25.4 Å². The Morgan fingerprint density at radius 3 is 2.41 bits per heavy atom. The second-order valence-electron chi connectivity index (χ2n) is 5.36. The van der Waals surface area contributed by atoms with E-state index in [1.807, 2.05) is 0 Å². The van der Waals surface area contributed by atoms with Gasteiger partial charge in [-0.2, -0.15) is 0 Å². The molecule has 1 aliphatic rings. The number of hydrogen-bond acceptors (Lipinski definition) is 7. The van der Waals surface area contributed by atoms with E-state index >= 15 is 0 Å². The van der Waals surface area contributed by atoms with Crippen molar-refractivity contribution in [1.29, 1.82) is 0 Å². The third kappa shape index (κ3) is 4.89. The number of rotatable bonds is 8. The maximum Gasteiger partial charge on any atom is 0.335 e. The Bertz CT molecular complexity index is 390. The quantitative estimate of drug-likeness (QED) is 0.337. The predicted octanol–water partition coefficient (Wildman–Crippen LogP) is -1.45. The fraction of sp³-hybridized carbons (Fsp3) is 0.846. The minimum absolute atomic E-state index is 0.215. The molecule has 3 unspecified atom stereocenters. The summed E-state index contributed by atoms with van der Waals surface area (Å²) in [5.41, 5.74) is 5.36. The lowest BCUT2D eigenvalue weighted by Crippen LogP contribution is -2.59. The van der Waals surface area contributed by atoms with Crippen molar-refractivity contribution in [3.8, 4) is 0 Å². The highest BCUT2D eigenvalue weighted by molar-refractivity contribution is 5.73. The van der Waals surface area contributed by atoms with Crippen LogP contribution < -0.4 is 5.73 Å². The first-order valence-electron chi connectivity index (χ1n) is 7.10. The number of carbonyl (C=O) groups is 2. The van der Waals surface area contributed by atoms with Crippen molar-refractivity contribution < 1.29 is 39.5 Å². The van der Waals surface area contributed by atoms with Gasteiger partial charge in [0.05, 0.1) is 6.10 Å². The Kier molecular flexibility index (Phi) is 7.17. The Balaban J connectivity index is 2.36. The molecule has 0 aromatic rings. The molecule has 128 valence electrons. The Morgan fingerprint density at radius 1 is 1.23 bits per heavy atom. The zero-order valence-electron chi connectivity index (χ0n) is 12.3. The Morgan fingerprint density at radius 2 is 1.86 bits per heavy atom. The van der Waals surface area contributed by atoms with Crippen LogP contribution in [-0.2, 0) is 19.1 Å². The number of ether oxygens (including phenoxy) is 2. The fourth-order valence-corrected chi connectivity index (χ4v) is 2.29. The van der Waals surface area contributed by atoms with Gasteiger partial charge in [-0.3, -0.25) is 4.79 Å². The lowest BCUT2D eigenvalue weighted by atomic mass is 9.95. The van der Waals surface area contributed by atoms with E-state index in [0.717, 1.165) is 0 Å². The molecule has 6 atom stereocenters. The molecular formula is C13H23NO8. The zero-order valence-corrected chi connectivity index (χ0v) is 12.3. The van der Waals surface area contributed by atoms with Gasteiger partial charge < -0.3 is 35.6 Å². The predicted molar refractivity (Wildman–Crippen MR) is 73.2 cm³/mol. The van der Waals surface area contributed by atoms with Crippen LogP contribution in [0.4, 0.5) is 0 Å². The molecule has 9 nitrogen and oxygen atoms in total. The molecule has 1 heterocycles. The summed E-state index contributed by atoms with van der Waals surface area (Å²) >= 11 is 0. The lowest BCUT2D eigenvalue weighted by molar-refractivity contribution is -0.234. The smallest absolute Gasteiger partial charge is 0.335 e. The van der Waals surface area contributed by atoms with Gasteiger partial charge >= 0.3 is 11.9 Å². The number of aliphatic hydroxyl groups excluding tert-OH is 2. The van der Waals surface area contributed by atoms with E-state index < -0.39 is 48.5 Å². The van der Waals surface area contributed by atoms with Crippen molar-refractivity contribution in [3.63, 3.8) is 0 Å². The number of unbranched alkanes of at least 4 members (excludes halogenated alkanes) is 1. The van der Waals surface area contributed by atoms with Gasteiger partial charge in [-0.1, -0.05) is 0 Å². The Labute approximate surface area is 127 Å². The molecule has 22 heavy (non-hydrogen) atoms. The van der Waals surface area contributed by atoms with Crippen LogP contribution in [0, 0.1) is 0 Å². The van der Waals surface area contributed by atoms with E-state index in [1.54, 1.807) is 6.92 Å². The number of aliphatic carboxylic acids is 2. The fourth-order valence-electron chi connectivity index (χ4n) is 2.29. The van der Waals surface area contributed by atoms with Crippen molar-refractivity contribution in [3.05, 3.63) is 0 Å². The van der Waals surface area contributed by atoms with E-state index in [1.165, 1.54) is 0 Å². The summed E-state index contributed by atoms with van der Waals surface area (Å²) in [4.78, 5) is 21.4. The second kappa shape index (κ2) is 8.39. The molecule has 1 fully saturated rings. The van der Waals surface area contributed by atoms with Gasteiger partial charge in [-0.15, -0.1) is 0 Å². The molecule has 0 aromatic heterocycles. The number of carboxylic acids is 2. The number of nitrogens with two attached hydrogens (primary N) is 1. The summed E-state index contributed by atoms with van der Waals surface area (Å²) in [5, 5.41) is 37.1. The standard InChI is InChI=1S/C13H23NO8/c1-6-10(8(15)9(16)11(22-6)13(19)20)21-5-3-2-4-7(14)12(17)18/h6-11,15-16H,2-5,14H2,1H3,(H,17,18)(H,19,20)/t6?,7?,8-,9-,10-,11?/m0/s1. The second-order valence-corrected chi connectivity index (χ2v) is 5.36. The first-order chi connectivity index (χ1) is 10.3. The summed E-state index contributed by atoms with van der Waals surface area (Å²) in [7, 11) is 0. The molecule has 0 spiro atoms. The molecule has 0 aliphatic carbocycles. The number of aliphatic hydroxyl groups is 2. The summed E-state index contributed by atoms with van der Waals surface area (Å²) in [6.45, 7) is 1.77. The first-order valence-corrected chi connectivity index (χ1v) is 7.10. The molecule has 1 aliphatic heterocycles. The average molecular weight is 321 g/mol. The first kappa shape index (κ1) is 18.8. The van der Waals surface area contributed by atoms with Crippen LogP contribution in [0.1, 0.15) is 26.2 Å². The molecule has 0 saturated carbocycles. The SMILES string of the molecule is CC1OC(C(=O)O)[C@@H](O)[C@H](O)[C@H]1OCCCCC(N)C(=O)O. The molecular weight excluding hydrogens is 298 g/mol. The van der Waals surface area contributed by atoms with Crippen LogP contribution >= 0.6 is 0 Å². The maximum atomic E-state index is 10.9. The van der Waals surface area contributed by atoms with E-state index in [9.17, 15) is 19.8 Å². The van der Waals surface area contributed by atoms with Crippen LogP contribution in [-0.4, -0.2) is 75.5 Å². The van der Waals surface area contributed by atoms with E-state index in [-0.39, 0.29) is 6.61 Å². The molecule has 0 aromatic carbocycles. The van der Waals surface area contributed by atoms with E-state index in [0.29, 0.717) is 19.3 Å². The minimum Gasteiger partial charge on any atom is -0.480 e. The summed E-state index contributed by atoms with van der Waals surface area (Å²) in [6, 6.07) is -0.916. The Hall–Kier alpha value is -1.26. The van der Waals surface area contributed by atoms with Gasteiger partial charge in [-0.25, -0.2) is 4.79 Å². The molecule has 1 saturated heterocycles. The zero-order chi connectivity index (χ0) is 16.9. The highest BCUT2D eigenvalue weighted by atomic mass is 16.6. The molecule has 0 amide bonds. The van der Waals surface area contributed by atoms with Gasteiger partial charge in [-0.05, 0) is 26.2 Å². The number of carboxylic acid groups (broad SMARTS) is 2. The van der Waals surface area contributed by atoms with Crippen molar-refractivity contribution in [2.24, 2.45) is 5.73 Å². The topological polar surface area (TPSA) is 160 Å². The molecule has 0 radical (unpaired) electrons. The summed E-state index contributed by atoms with van der Waals surface area (Å²) < 4.78 is 10.6. The van der Waals surface area contributed by atoms with Gasteiger partial charge in [0.15, 0.2) is 6.10 Å². The van der Waals surface area contributed by atoms with E-state index in [2.05, 4.69) is 0 Å². The van der Waals surface area contributed by atoms with Crippen LogP contribution in [0.15, 0.2) is 0 Å². The molecule has 0 bridgehead atoms. The third-order valence-electron chi connectivity index (χ3n) is 3.60. The van der Waals surface area contributed by atoms with Gasteiger partial charge in [0, 0.05) is 6.61 Å². The average Bonchev–Trinajstić information content (AvgIpc) is 2.44. The van der Waals surface area contributed by atoms with Crippen LogP contribution in [0.3, 0.4) is 0 Å². The van der Waals surface area contributed by atoms with Crippen molar-refractivity contribution in [2.45, 2.75) is 62.7 Å².